The van der Waals surface area contributed by atoms with Crippen LogP contribution in [0, 0.1) is 0 Å². The first-order valence-electron chi connectivity index (χ1n) is 8.78. The van der Waals surface area contributed by atoms with Crippen LogP contribution >= 0.6 is 11.3 Å². The first-order valence-corrected chi connectivity index (χ1v) is 9.66. The molecule has 0 fully saturated rings. The van der Waals surface area contributed by atoms with E-state index in [0.29, 0.717) is 18.7 Å². The van der Waals surface area contributed by atoms with Crippen LogP contribution in [0.2, 0.25) is 0 Å². The smallest absolute Gasteiger partial charge is 0.337 e. The normalized spacial score (nSPS) is 13.6. The molecule has 0 aliphatic carbocycles. The summed E-state index contributed by atoms with van der Waals surface area (Å²) in [7, 11) is 0. The standard InChI is InChI=1S/C20H19NO6S/c22-9-12(23)10-27-17-8-13-11(6-16(17)24)3-4-21-15(13)7-14(20(25)26)19(21)18-2-1-5-28-18/h1-2,5-8,12,22-24H,3-4,9-10H2,(H,25,26). The molecule has 1 aliphatic heterocycles. The lowest BCUT2D eigenvalue weighted by Crippen LogP contribution is -2.21. The number of thiophene rings is 1. The van der Waals surface area contributed by atoms with Crippen molar-refractivity contribution in [1.29, 1.82) is 0 Å². The SMILES string of the molecule is O=C(O)c1cc2n(c1-c1cccs1)CCc1cc(O)c(OCC(O)CO)cc1-2. The lowest BCUT2D eigenvalue weighted by Gasteiger charge is -2.23. The number of phenols is 1. The molecule has 1 aliphatic rings. The van der Waals surface area contributed by atoms with Gasteiger partial charge in [-0.1, -0.05) is 6.07 Å². The number of carboxylic acid groups (broad SMARTS) is 1. The number of benzene rings is 1. The molecule has 146 valence electrons. The summed E-state index contributed by atoms with van der Waals surface area (Å²) < 4.78 is 7.43. The first-order chi connectivity index (χ1) is 13.5. The maximum atomic E-state index is 11.9. The van der Waals surface area contributed by atoms with Gasteiger partial charge in [-0.3, -0.25) is 0 Å². The number of hydrogen-bond donors (Lipinski definition) is 4. The number of ether oxygens (including phenoxy) is 1. The lowest BCUT2D eigenvalue weighted by molar-refractivity contribution is 0.0527. The number of fused-ring (bicyclic) bond motifs is 3. The summed E-state index contributed by atoms with van der Waals surface area (Å²) in [6.45, 7) is -0.00288. The number of aromatic hydroxyl groups is 1. The lowest BCUT2D eigenvalue weighted by atomic mass is 9.97. The Morgan fingerprint density at radius 3 is 2.82 bits per heavy atom. The summed E-state index contributed by atoms with van der Waals surface area (Å²) in [6.07, 6.45) is -0.412. The average Bonchev–Trinajstić information content (AvgIpc) is 3.33. The van der Waals surface area contributed by atoms with Crippen molar-refractivity contribution in [3.05, 3.63) is 46.8 Å². The second kappa shape index (κ2) is 7.31. The molecule has 0 saturated heterocycles. The fourth-order valence-corrected chi connectivity index (χ4v) is 4.28. The van der Waals surface area contributed by atoms with Crippen LogP contribution in [-0.4, -0.2) is 50.3 Å². The van der Waals surface area contributed by atoms with Crippen LogP contribution in [0.3, 0.4) is 0 Å². The molecule has 8 heteroatoms. The van der Waals surface area contributed by atoms with Gasteiger partial charge in [-0.2, -0.15) is 0 Å². The molecule has 3 heterocycles. The summed E-state index contributed by atoms with van der Waals surface area (Å²) in [5.74, 6) is -0.871. The van der Waals surface area contributed by atoms with Crippen molar-refractivity contribution in [2.45, 2.75) is 19.1 Å². The van der Waals surface area contributed by atoms with Gasteiger partial charge in [-0.05, 0) is 41.6 Å². The molecule has 4 rings (SSSR count). The Morgan fingerprint density at radius 1 is 1.32 bits per heavy atom. The quantitative estimate of drug-likeness (QED) is 0.505. The number of aliphatic hydroxyl groups is 2. The molecule has 0 bridgehead atoms. The maximum absolute atomic E-state index is 11.9. The predicted octanol–water partition coefficient (Wildman–Crippen LogP) is 2.58. The number of rotatable bonds is 6. The van der Waals surface area contributed by atoms with Gasteiger partial charge in [0.05, 0.1) is 22.7 Å². The predicted molar refractivity (Wildman–Crippen MR) is 104 cm³/mol. The van der Waals surface area contributed by atoms with Crippen LogP contribution in [0.4, 0.5) is 0 Å². The molecule has 0 spiro atoms. The summed E-state index contributed by atoms with van der Waals surface area (Å²) in [5.41, 5.74) is 3.33. The molecular formula is C20H19NO6S. The van der Waals surface area contributed by atoms with E-state index in [1.807, 2.05) is 22.1 Å². The Hall–Kier alpha value is -2.81. The van der Waals surface area contributed by atoms with Crippen LogP contribution in [-0.2, 0) is 13.0 Å². The third-order valence-corrected chi connectivity index (χ3v) is 5.67. The van der Waals surface area contributed by atoms with E-state index >= 15 is 0 Å². The van der Waals surface area contributed by atoms with Gasteiger partial charge in [0.1, 0.15) is 12.7 Å². The molecular weight excluding hydrogens is 382 g/mol. The average molecular weight is 401 g/mol. The third kappa shape index (κ3) is 3.15. The zero-order chi connectivity index (χ0) is 19.8. The van der Waals surface area contributed by atoms with Crippen molar-refractivity contribution in [2.75, 3.05) is 13.2 Å². The van der Waals surface area contributed by atoms with Crippen molar-refractivity contribution >= 4 is 17.3 Å². The van der Waals surface area contributed by atoms with E-state index in [9.17, 15) is 20.1 Å². The fraction of sp³-hybridized carbons (Fsp3) is 0.250. The second-order valence-electron chi connectivity index (χ2n) is 6.60. The van der Waals surface area contributed by atoms with E-state index < -0.39 is 18.7 Å². The van der Waals surface area contributed by atoms with Gasteiger partial charge in [0.2, 0.25) is 0 Å². The van der Waals surface area contributed by atoms with Crippen molar-refractivity contribution in [3.63, 3.8) is 0 Å². The van der Waals surface area contributed by atoms with E-state index in [0.717, 1.165) is 21.7 Å². The monoisotopic (exact) mass is 401 g/mol. The molecule has 1 atom stereocenters. The molecule has 0 amide bonds. The molecule has 0 radical (unpaired) electrons. The molecule has 3 aromatic rings. The second-order valence-corrected chi connectivity index (χ2v) is 7.55. The van der Waals surface area contributed by atoms with Gasteiger partial charge in [0, 0.05) is 17.8 Å². The minimum absolute atomic E-state index is 0.0548. The Bertz CT molecular complexity index is 1020. The minimum atomic E-state index is -1.05. The summed E-state index contributed by atoms with van der Waals surface area (Å²) in [6, 6.07) is 8.70. The molecule has 1 unspecified atom stereocenters. The van der Waals surface area contributed by atoms with E-state index in [-0.39, 0.29) is 23.7 Å². The highest BCUT2D eigenvalue weighted by molar-refractivity contribution is 7.13. The zero-order valence-corrected chi connectivity index (χ0v) is 15.6. The Morgan fingerprint density at radius 2 is 2.14 bits per heavy atom. The number of aromatic carboxylic acids is 1. The molecule has 0 saturated carbocycles. The van der Waals surface area contributed by atoms with Crippen molar-refractivity contribution in [2.24, 2.45) is 0 Å². The number of phenolic OH excluding ortho intramolecular Hbond substituents is 1. The number of aryl methyl sites for hydroxylation is 1. The van der Waals surface area contributed by atoms with Gasteiger partial charge >= 0.3 is 5.97 Å². The van der Waals surface area contributed by atoms with E-state index in [4.69, 9.17) is 9.84 Å². The van der Waals surface area contributed by atoms with Gasteiger partial charge in [0.15, 0.2) is 11.5 Å². The molecule has 2 aromatic heterocycles. The van der Waals surface area contributed by atoms with E-state index in [2.05, 4.69) is 0 Å². The van der Waals surface area contributed by atoms with Crippen molar-refractivity contribution in [3.8, 4) is 33.3 Å². The number of aliphatic hydroxyl groups excluding tert-OH is 2. The molecule has 7 nitrogen and oxygen atoms in total. The van der Waals surface area contributed by atoms with Gasteiger partial charge in [-0.25, -0.2) is 4.79 Å². The molecule has 1 aromatic carbocycles. The summed E-state index contributed by atoms with van der Waals surface area (Å²) in [4.78, 5) is 12.7. The van der Waals surface area contributed by atoms with Crippen molar-refractivity contribution < 1.29 is 30.0 Å². The highest BCUT2D eigenvalue weighted by Crippen LogP contribution is 2.42. The number of nitrogens with zero attached hydrogens (tertiary/aromatic N) is 1. The highest BCUT2D eigenvalue weighted by atomic mass is 32.1. The summed E-state index contributed by atoms with van der Waals surface area (Å²) >= 11 is 1.49. The van der Waals surface area contributed by atoms with Crippen molar-refractivity contribution in [1.82, 2.24) is 4.57 Å². The van der Waals surface area contributed by atoms with Gasteiger partial charge in [-0.15, -0.1) is 11.3 Å². The van der Waals surface area contributed by atoms with Crippen LogP contribution < -0.4 is 4.74 Å². The molecule has 28 heavy (non-hydrogen) atoms. The summed E-state index contributed by atoms with van der Waals surface area (Å²) in [5, 5.41) is 40.3. The van der Waals surface area contributed by atoms with Crippen LogP contribution in [0.1, 0.15) is 15.9 Å². The van der Waals surface area contributed by atoms with Crippen LogP contribution in [0.5, 0.6) is 11.5 Å². The zero-order valence-electron chi connectivity index (χ0n) is 14.8. The van der Waals surface area contributed by atoms with Crippen LogP contribution in [0.25, 0.3) is 21.8 Å². The third-order valence-electron chi connectivity index (χ3n) is 4.79. The highest BCUT2D eigenvalue weighted by Gasteiger charge is 2.27. The fourth-order valence-electron chi connectivity index (χ4n) is 3.49. The topological polar surface area (TPSA) is 112 Å². The van der Waals surface area contributed by atoms with Gasteiger partial charge in [0.25, 0.3) is 0 Å². The Kier molecular flexibility index (Phi) is 4.84. The Balaban J connectivity index is 1.82. The minimum Gasteiger partial charge on any atom is -0.504 e. The van der Waals surface area contributed by atoms with Crippen LogP contribution in [0.15, 0.2) is 35.7 Å². The Labute approximate surface area is 164 Å². The number of hydrogen-bond acceptors (Lipinski definition) is 6. The van der Waals surface area contributed by atoms with E-state index in [1.54, 1.807) is 18.2 Å². The largest absolute Gasteiger partial charge is 0.504 e. The van der Waals surface area contributed by atoms with Gasteiger partial charge < -0.3 is 29.7 Å². The molecule has 4 N–H and O–H groups in total. The number of carbonyl (C=O) groups is 1. The number of carboxylic acids is 1. The first kappa shape index (κ1) is 18.5. The number of aromatic nitrogens is 1. The van der Waals surface area contributed by atoms with E-state index in [1.165, 1.54) is 11.3 Å². The maximum Gasteiger partial charge on any atom is 0.337 e.